The molecule has 6 unspecified atom stereocenters. The van der Waals surface area contributed by atoms with Gasteiger partial charge in [0.1, 0.15) is 36.3 Å². The molecule has 0 aliphatic carbocycles. The van der Waals surface area contributed by atoms with Crippen molar-refractivity contribution in [2.45, 2.75) is 68.8 Å². The maximum Gasteiger partial charge on any atom is 0.226 e. The maximum atomic E-state index is 11.0. The molecule has 0 bridgehead atoms. The number of rotatable bonds is 8. The Balaban J connectivity index is 1.42. The topological polar surface area (TPSA) is 206 Å². The van der Waals surface area contributed by atoms with Crippen LogP contribution in [-0.2, 0) is 14.2 Å². The van der Waals surface area contributed by atoms with E-state index in [4.69, 9.17) is 29.8 Å². The molecule has 0 spiro atoms. The lowest BCUT2D eigenvalue weighted by Gasteiger charge is -2.44. The number of ether oxygens (including phenoxy) is 4. The summed E-state index contributed by atoms with van der Waals surface area (Å²) in [6.07, 6.45) is -9.08. The second-order valence-corrected chi connectivity index (χ2v) is 10.1. The summed E-state index contributed by atoms with van der Waals surface area (Å²) in [5.41, 5.74) is 2.28. The van der Waals surface area contributed by atoms with Crippen molar-refractivity contribution in [3.63, 3.8) is 0 Å². The van der Waals surface area contributed by atoms with Gasteiger partial charge in [-0.25, -0.2) is 0 Å². The molecule has 0 radical (unpaired) electrons. The molecule has 4 rings (SSSR count). The van der Waals surface area contributed by atoms with Crippen molar-refractivity contribution in [1.29, 1.82) is 10.8 Å². The number of hydrogen-bond acceptors (Lipinski definition) is 12. The van der Waals surface area contributed by atoms with Crippen molar-refractivity contribution >= 4 is 11.8 Å². The highest BCUT2D eigenvalue weighted by Gasteiger charge is 2.47. The second-order valence-electron chi connectivity index (χ2n) is 10.1. The molecule has 0 amide bonds. The first-order valence-corrected chi connectivity index (χ1v) is 13.0. The first kappa shape index (κ1) is 30.0. The maximum absolute atomic E-state index is 11.0. The fraction of sp³-hybridized carbons (Fsp3) is 0.500. The molecular weight excluding hydrogens is 524 g/mol. The summed E-state index contributed by atoms with van der Waals surface area (Å²) in [7, 11) is 0. The Hall–Kier alpha value is -2.94. The Kier molecular flexibility index (Phi) is 9.87. The van der Waals surface area contributed by atoms with Gasteiger partial charge in [0, 0.05) is 12.5 Å². The van der Waals surface area contributed by atoms with Crippen LogP contribution in [0.4, 0.5) is 0 Å². The smallest absolute Gasteiger partial charge is 0.226 e. The van der Waals surface area contributed by atoms with Crippen LogP contribution in [0.2, 0.25) is 0 Å². The number of aliphatic hydroxyl groups excluding tert-OH is 6. The fourth-order valence-corrected chi connectivity index (χ4v) is 5.03. The van der Waals surface area contributed by atoms with Crippen LogP contribution in [0.1, 0.15) is 25.3 Å². The highest BCUT2D eigenvalue weighted by Crippen LogP contribution is 2.34. The Bertz CT molecular complexity index is 1140. The van der Waals surface area contributed by atoms with Crippen molar-refractivity contribution in [3.8, 4) is 16.9 Å². The second kappa shape index (κ2) is 13.1. The van der Waals surface area contributed by atoms with E-state index >= 15 is 0 Å². The molecule has 2 heterocycles. The first-order chi connectivity index (χ1) is 19.1. The molecule has 2 aliphatic rings. The van der Waals surface area contributed by atoms with Crippen LogP contribution in [0, 0.1) is 16.7 Å². The van der Waals surface area contributed by atoms with Gasteiger partial charge in [0.2, 0.25) is 12.2 Å². The third kappa shape index (κ3) is 6.85. The van der Waals surface area contributed by atoms with Crippen LogP contribution in [-0.4, -0.2) is 105 Å². The molecule has 2 aromatic rings. The Labute approximate surface area is 231 Å². The Morgan fingerprint density at radius 1 is 0.800 bits per heavy atom. The normalized spacial score (nSPS) is 32.3. The molecule has 0 saturated carbocycles. The van der Waals surface area contributed by atoms with E-state index in [-0.39, 0.29) is 31.2 Å². The molecule has 12 nitrogen and oxygen atoms in total. The van der Waals surface area contributed by atoms with Gasteiger partial charge in [-0.05, 0) is 54.2 Å². The third-order valence-electron chi connectivity index (χ3n) is 7.23. The van der Waals surface area contributed by atoms with E-state index in [1.54, 1.807) is 24.3 Å². The van der Waals surface area contributed by atoms with Gasteiger partial charge >= 0.3 is 0 Å². The molecule has 12 heteroatoms. The average molecular weight is 561 g/mol. The lowest BCUT2D eigenvalue weighted by molar-refractivity contribution is -0.253. The zero-order chi connectivity index (χ0) is 29.0. The quantitative estimate of drug-likeness (QED) is 0.165. The molecule has 2 aliphatic heterocycles. The SMILES string of the molecule is CC(=N)OC(=N)c1ccc(-c2ccc(O[C@H]3OC(CO)CC(C[C@H]4OC(CO)[C@@H](O)C(O)C4O)C3O)cc2)cc1. The highest BCUT2D eigenvalue weighted by molar-refractivity contribution is 5.98. The van der Waals surface area contributed by atoms with Crippen LogP contribution >= 0.6 is 0 Å². The summed E-state index contributed by atoms with van der Waals surface area (Å²) in [5.74, 6) is -0.317. The summed E-state index contributed by atoms with van der Waals surface area (Å²) >= 11 is 0. The van der Waals surface area contributed by atoms with Gasteiger partial charge in [-0.15, -0.1) is 0 Å². The van der Waals surface area contributed by atoms with Crippen molar-refractivity contribution in [2.24, 2.45) is 5.92 Å². The van der Waals surface area contributed by atoms with Crippen LogP contribution in [0.5, 0.6) is 5.75 Å². The number of benzene rings is 2. The molecule has 40 heavy (non-hydrogen) atoms. The molecular formula is C28H36N2O10. The van der Waals surface area contributed by atoms with E-state index in [0.717, 1.165) is 11.1 Å². The Morgan fingerprint density at radius 2 is 1.40 bits per heavy atom. The molecule has 0 aromatic heterocycles. The third-order valence-corrected chi connectivity index (χ3v) is 7.23. The number of aliphatic hydroxyl groups is 6. The Morgan fingerprint density at radius 3 is 1.98 bits per heavy atom. The van der Waals surface area contributed by atoms with Crippen molar-refractivity contribution < 1.29 is 49.6 Å². The molecule has 8 N–H and O–H groups in total. The molecule has 2 fully saturated rings. The van der Waals surface area contributed by atoms with E-state index in [2.05, 4.69) is 0 Å². The summed E-state index contributed by atoms with van der Waals surface area (Å²) in [4.78, 5) is 0. The van der Waals surface area contributed by atoms with E-state index in [1.165, 1.54) is 6.92 Å². The first-order valence-electron chi connectivity index (χ1n) is 13.0. The monoisotopic (exact) mass is 560 g/mol. The molecule has 218 valence electrons. The van der Waals surface area contributed by atoms with Gasteiger partial charge in [-0.2, -0.15) is 0 Å². The van der Waals surface area contributed by atoms with Gasteiger partial charge in [-0.3, -0.25) is 10.8 Å². The van der Waals surface area contributed by atoms with Gasteiger partial charge in [0.15, 0.2) is 5.90 Å². The summed E-state index contributed by atoms with van der Waals surface area (Å²) < 4.78 is 22.3. The fourth-order valence-electron chi connectivity index (χ4n) is 5.03. The summed E-state index contributed by atoms with van der Waals surface area (Å²) in [6, 6.07) is 14.1. The summed E-state index contributed by atoms with van der Waals surface area (Å²) in [5, 5.41) is 76.1. The molecule has 2 aromatic carbocycles. The van der Waals surface area contributed by atoms with Crippen LogP contribution < -0.4 is 4.74 Å². The van der Waals surface area contributed by atoms with E-state index < -0.39 is 61.5 Å². The zero-order valence-electron chi connectivity index (χ0n) is 22.0. The van der Waals surface area contributed by atoms with Crippen molar-refractivity contribution in [1.82, 2.24) is 0 Å². The largest absolute Gasteiger partial charge is 0.462 e. The number of nitrogens with one attached hydrogen (secondary N) is 2. The minimum absolute atomic E-state index is 0.0674. The van der Waals surface area contributed by atoms with Crippen LogP contribution in [0.25, 0.3) is 11.1 Å². The molecule has 9 atom stereocenters. The average Bonchev–Trinajstić information content (AvgIpc) is 2.95. The minimum atomic E-state index is -1.52. The summed E-state index contributed by atoms with van der Waals surface area (Å²) in [6.45, 7) is 0.578. The van der Waals surface area contributed by atoms with Crippen LogP contribution in [0.3, 0.4) is 0 Å². The predicted octanol–water partition coefficient (Wildman–Crippen LogP) is 0.388. The van der Waals surface area contributed by atoms with Crippen molar-refractivity contribution in [3.05, 3.63) is 54.1 Å². The van der Waals surface area contributed by atoms with Crippen LogP contribution in [0.15, 0.2) is 48.5 Å². The lowest BCUT2D eigenvalue weighted by Crippen LogP contribution is -2.59. The van der Waals surface area contributed by atoms with Gasteiger partial charge in [0.05, 0.1) is 25.4 Å². The van der Waals surface area contributed by atoms with Gasteiger partial charge < -0.3 is 49.6 Å². The standard InChI is InChI=1S/C28H36N2O10/c1-14(29)37-27(30)17-4-2-15(3-5-17)16-6-8-19(9-7-16)38-28-23(33)18(10-20(12-31)39-28)11-21-24(34)26(36)25(35)22(13-32)40-21/h2-9,18,20-26,28-36H,10-13H2,1H3/t18?,20?,21-,22?,23?,24?,25-,26?,28+/m1/s1. The number of hydrogen-bond donors (Lipinski definition) is 8. The molecule has 2 saturated heterocycles. The minimum Gasteiger partial charge on any atom is -0.462 e. The lowest BCUT2D eigenvalue weighted by atomic mass is 9.83. The van der Waals surface area contributed by atoms with Crippen molar-refractivity contribution in [2.75, 3.05) is 13.2 Å². The zero-order valence-corrected chi connectivity index (χ0v) is 22.0. The van der Waals surface area contributed by atoms with Gasteiger partial charge in [-0.1, -0.05) is 24.3 Å². The predicted molar refractivity (Wildman–Crippen MR) is 142 cm³/mol. The van der Waals surface area contributed by atoms with E-state index in [9.17, 15) is 30.6 Å². The van der Waals surface area contributed by atoms with Gasteiger partial charge in [0.25, 0.3) is 0 Å². The van der Waals surface area contributed by atoms with E-state index in [0.29, 0.717) is 11.3 Å². The highest BCUT2D eigenvalue weighted by atomic mass is 16.7. The van der Waals surface area contributed by atoms with E-state index in [1.807, 2.05) is 24.3 Å².